The molecule has 2 nitrogen and oxygen atoms in total. The minimum absolute atomic E-state index is 0.127. The minimum atomic E-state index is -6.13. The van der Waals surface area contributed by atoms with Gasteiger partial charge in [0.15, 0.2) is 12.4 Å². The van der Waals surface area contributed by atoms with Crippen LogP contribution in [0.25, 0.3) is 10.8 Å². The fraction of sp³-hybridized carbons (Fsp3) is 0.184. The Morgan fingerprint density at radius 2 is 0.579 bits per heavy atom. The maximum atomic E-state index is 14.2. The predicted molar refractivity (Wildman–Crippen MR) is 225 cm³/mol. The van der Waals surface area contributed by atoms with Crippen molar-refractivity contribution in [1.29, 1.82) is 0 Å². The van der Waals surface area contributed by atoms with Crippen molar-refractivity contribution in [3.8, 4) is 0 Å². The summed E-state index contributed by atoms with van der Waals surface area (Å²) < 4.78 is 343. The van der Waals surface area contributed by atoms with Crippen LogP contribution < -0.4 is 26.4 Å². The molecule has 0 aliphatic heterocycles. The zero-order chi connectivity index (χ0) is 57.0. The third kappa shape index (κ3) is 13.1. The van der Waals surface area contributed by atoms with Crippen molar-refractivity contribution in [2.45, 2.75) is 56.0 Å². The van der Waals surface area contributed by atoms with E-state index in [-0.39, 0.29) is 5.78 Å². The molecule has 0 unspecified atom stereocenters. The summed E-state index contributed by atoms with van der Waals surface area (Å²) in [5.74, 6) is 0.127. The molecular formula is C49H26BF24NO. The van der Waals surface area contributed by atoms with E-state index in [1.54, 1.807) is 0 Å². The quantitative estimate of drug-likeness (QED) is 0.0674. The molecule has 0 saturated heterocycles. The summed E-state index contributed by atoms with van der Waals surface area (Å²) in [5, 5.41) is 2.26. The second-order valence-electron chi connectivity index (χ2n) is 16.8. The molecule has 0 atom stereocenters. The Morgan fingerprint density at radius 1 is 0.316 bits per heavy atom. The first kappa shape index (κ1) is 58.1. The van der Waals surface area contributed by atoms with Crippen molar-refractivity contribution in [3.05, 3.63) is 196 Å². The highest BCUT2D eigenvalue weighted by molar-refractivity contribution is 7.20. The Hall–Kier alpha value is -7.22. The first-order valence-electron chi connectivity index (χ1n) is 20.9. The first-order valence-corrected chi connectivity index (χ1v) is 20.9. The Balaban J connectivity index is 0.000000408. The molecule has 1 aromatic heterocycles. The topological polar surface area (TPSA) is 20.9 Å². The average molecular weight is 1110 g/mol. The van der Waals surface area contributed by atoms with E-state index in [4.69, 9.17) is 0 Å². The number of benzene rings is 6. The monoisotopic (exact) mass is 1110 g/mol. The summed E-state index contributed by atoms with van der Waals surface area (Å²) in [5.41, 5.74) is -29.4. The van der Waals surface area contributed by atoms with Gasteiger partial charge in [0.25, 0.3) is 0 Å². The van der Waals surface area contributed by atoms with Crippen LogP contribution in [0.15, 0.2) is 146 Å². The van der Waals surface area contributed by atoms with Gasteiger partial charge in [-0.1, -0.05) is 91.0 Å². The number of halogens is 24. The largest absolute Gasteiger partial charge is 0.416 e. The number of Topliss-reactive ketones (excluding diaryl/α,β-unsaturated/α-hetero) is 1. The van der Waals surface area contributed by atoms with Gasteiger partial charge in [-0.3, -0.25) is 4.79 Å². The lowest BCUT2D eigenvalue weighted by atomic mass is 9.12. The molecule has 0 bridgehead atoms. The zero-order valence-corrected chi connectivity index (χ0v) is 37.1. The molecule has 0 aliphatic rings. The maximum Gasteiger partial charge on any atom is 0.416 e. The minimum Gasteiger partial charge on any atom is -0.287 e. The van der Waals surface area contributed by atoms with Crippen LogP contribution in [0, 0.1) is 0 Å². The van der Waals surface area contributed by atoms with Gasteiger partial charge in [-0.15, -0.1) is 0 Å². The SMILES string of the molecule is FC(F)(F)c1cc([B-](c2cc(C(F)(F)F)cc(C(F)(F)F)c2)(c2cc(C(F)(F)F)cc(C(F)(F)F)c2)c2cc(C(F)(F)F)cc(C(F)(F)F)c2)cc(C(F)(F)F)c1.O=C(C[n+]1ccccc1)c1ccc2ccccc2c1. The number of ketones is 1. The lowest BCUT2D eigenvalue weighted by Gasteiger charge is -2.46. The molecule has 0 fully saturated rings. The van der Waals surface area contributed by atoms with Gasteiger partial charge in [-0.2, -0.15) is 132 Å². The number of hydrogen-bond acceptors (Lipinski definition) is 1. The van der Waals surface area contributed by atoms with Crippen LogP contribution in [0.2, 0.25) is 0 Å². The van der Waals surface area contributed by atoms with Crippen LogP contribution in [-0.2, 0) is 56.0 Å². The Kier molecular flexibility index (Phi) is 15.3. The van der Waals surface area contributed by atoms with E-state index in [9.17, 15) is 110 Å². The number of fused-ring (bicyclic) bond motifs is 1. The first-order chi connectivity index (χ1) is 34.6. The predicted octanol–water partition coefficient (Wildman–Crippen LogP) is 14.2. The summed E-state index contributed by atoms with van der Waals surface area (Å²) in [6.07, 6.45) is -51.0. The van der Waals surface area contributed by atoms with Crippen LogP contribution in [0.1, 0.15) is 54.9 Å². The normalized spacial score (nSPS) is 13.4. The van der Waals surface area contributed by atoms with Crippen LogP contribution in [0.5, 0.6) is 0 Å². The number of rotatable bonds is 7. The molecule has 76 heavy (non-hydrogen) atoms. The molecule has 0 N–H and O–H groups in total. The van der Waals surface area contributed by atoms with Gasteiger partial charge < -0.3 is 0 Å². The summed E-state index contributed by atoms with van der Waals surface area (Å²) in [4.78, 5) is 12.2. The summed E-state index contributed by atoms with van der Waals surface area (Å²) in [6, 6.07) is 10.9. The van der Waals surface area contributed by atoms with Gasteiger partial charge in [-0.25, -0.2) is 0 Å². The van der Waals surface area contributed by atoms with Crippen molar-refractivity contribution < 1.29 is 115 Å². The van der Waals surface area contributed by atoms with E-state index in [1.807, 2.05) is 71.6 Å². The van der Waals surface area contributed by atoms with E-state index in [2.05, 4.69) is 6.07 Å². The van der Waals surface area contributed by atoms with Crippen molar-refractivity contribution >= 4 is 44.6 Å². The highest BCUT2D eigenvalue weighted by atomic mass is 19.4. The number of aromatic nitrogens is 1. The van der Waals surface area contributed by atoms with Gasteiger partial charge in [0, 0.05) is 17.7 Å². The number of pyridine rings is 1. The average Bonchev–Trinajstić information content (AvgIpc) is 3.29. The zero-order valence-electron chi connectivity index (χ0n) is 37.1. The molecule has 27 heteroatoms. The Bertz CT molecular complexity index is 2810. The molecule has 404 valence electrons. The van der Waals surface area contributed by atoms with Crippen LogP contribution >= 0.6 is 0 Å². The van der Waals surface area contributed by atoms with Crippen molar-refractivity contribution in [1.82, 2.24) is 0 Å². The highest BCUT2D eigenvalue weighted by Crippen LogP contribution is 2.41. The molecule has 0 radical (unpaired) electrons. The van der Waals surface area contributed by atoms with E-state index in [1.165, 1.54) is 0 Å². The van der Waals surface area contributed by atoms with E-state index < -0.39 is 195 Å². The van der Waals surface area contributed by atoms with E-state index in [0.29, 0.717) is 6.54 Å². The number of nitrogens with zero attached hydrogens (tertiary/aromatic N) is 1. The molecule has 0 amide bonds. The molecule has 7 rings (SSSR count). The van der Waals surface area contributed by atoms with Crippen molar-refractivity contribution in [2.75, 3.05) is 0 Å². The van der Waals surface area contributed by atoms with Crippen LogP contribution in [0.4, 0.5) is 105 Å². The molecule has 7 aromatic rings. The van der Waals surface area contributed by atoms with E-state index in [0.717, 1.165) is 16.3 Å². The summed E-state index contributed by atoms with van der Waals surface area (Å²) in [6.45, 7) is 0.374. The van der Waals surface area contributed by atoms with Crippen molar-refractivity contribution in [2.24, 2.45) is 0 Å². The summed E-state index contributed by atoms with van der Waals surface area (Å²) >= 11 is 0. The molecule has 1 heterocycles. The van der Waals surface area contributed by atoms with Gasteiger partial charge in [0.1, 0.15) is 6.15 Å². The molecular weight excluding hydrogens is 1090 g/mol. The highest BCUT2D eigenvalue weighted by Gasteiger charge is 2.47. The molecule has 6 aromatic carbocycles. The van der Waals surface area contributed by atoms with Crippen LogP contribution in [0.3, 0.4) is 0 Å². The maximum absolute atomic E-state index is 14.2. The fourth-order valence-electron chi connectivity index (χ4n) is 8.23. The second kappa shape index (κ2) is 20.1. The summed E-state index contributed by atoms with van der Waals surface area (Å²) in [7, 11) is 0. The molecule has 0 spiro atoms. The molecule has 0 aliphatic carbocycles. The van der Waals surface area contributed by atoms with E-state index >= 15 is 0 Å². The number of alkyl halides is 24. The third-order valence-electron chi connectivity index (χ3n) is 11.6. The number of hydrogen-bond donors (Lipinski definition) is 0. The van der Waals surface area contributed by atoms with Crippen LogP contribution in [-0.4, -0.2) is 11.9 Å². The molecule has 0 saturated carbocycles. The van der Waals surface area contributed by atoms with Crippen molar-refractivity contribution in [3.63, 3.8) is 0 Å². The number of carbonyl (C=O) groups excluding carboxylic acids is 1. The lowest BCUT2D eigenvalue weighted by Crippen LogP contribution is -2.75. The smallest absolute Gasteiger partial charge is 0.287 e. The Labute approximate surface area is 410 Å². The second-order valence-corrected chi connectivity index (χ2v) is 16.8. The fourth-order valence-corrected chi connectivity index (χ4v) is 8.23. The third-order valence-corrected chi connectivity index (χ3v) is 11.6. The Morgan fingerprint density at radius 3 is 0.842 bits per heavy atom. The van der Waals surface area contributed by atoms with Gasteiger partial charge in [-0.05, 0) is 41.1 Å². The number of carbonyl (C=O) groups is 1. The van der Waals surface area contributed by atoms with Gasteiger partial charge >= 0.3 is 49.4 Å². The standard InChI is InChI=1S/C32H12BF24.C17H14NO/c34-25(35,36)13-1-14(26(37,38)39)6-21(5-13)33(22-7-15(27(40,41)42)2-16(8-22)28(43,44)45,23-9-17(29(46,47)48)3-18(10-23)30(49,50)51)24-11-19(31(52,53)54)4-20(12-24)32(55,56)57;19-17(13-18-10-4-1-5-11-18)16-9-8-14-6-2-3-7-15(14)12-16/h1-12H;1-12H,13H2/q-1;+1. The van der Waals surface area contributed by atoms with Gasteiger partial charge in [0.05, 0.1) is 44.5 Å². The van der Waals surface area contributed by atoms with Gasteiger partial charge in [0.2, 0.25) is 12.3 Å². The lowest BCUT2D eigenvalue weighted by molar-refractivity contribution is -0.683.